The van der Waals surface area contributed by atoms with E-state index < -0.39 is 0 Å². The van der Waals surface area contributed by atoms with Crippen molar-refractivity contribution in [2.45, 2.75) is 19.4 Å². The van der Waals surface area contributed by atoms with Crippen molar-refractivity contribution in [3.05, 3.63) is 59.4 Å². The van der Waals surface area contributed by atoms with E-state index in [1.807, 2.05) is 35.7 Å². The predicted molar refractivity (Wildman–Crippen MR) is 125 cm³/mol. The number of carbonyl (C=O) groups is 2. The molecule has 0 radical (unpaired) electrons. The number of hydrogen-bond donors (Lipinski definition) is 1. The summed E-state index contributed by atoms with van der Waals surface area (Å²) in [6.07, 6.45) is 4.37. The number of hydrogen-bond acceptors (Lipinski definition) is 7. The molecule has 9 heteroatoms. The molecule has 8 nitrogen and oxygen atoms in total. The van der Waals surface area contributed by atoms with Gasteiger partial charge in [-0.15, -0.1) is 11.3 Å². The Hall–Kier alpha value is -3.46. The van der Waals surface area contributed by atoms with Gasteiger partial charge in [0.15, 0.2) is 11.5 Å². The zero-order valence-corrected chi connectivity index (χ0v) is 19.4. The van der Waals surface area contributed by atoms with Crippen LogP contribution in [0.4, 0.5) is 0 Å². The Kier molecular flexibility index (Phi) is 7.19. The van der Waals surface area contributed by atoms with Gasteiger partial charge in [0, 0.05) is 42.8 Å². The van der Waals surface area contributed by atoms with Crippen molar-refractivity contribution in [1.29, 1.82) is 0 Å². The van der Waals surface area contributed by atoms with E-state index in [9.17, 15) is 9.59 Å². The van der Waals surface area contributed by atoms with E-state index in [0.29, 0.717) is 37.6 Å². The summed E-state index contributed by atoms with van der Waals surface area (Å²) in [4.78, 5) is 35.5. The molecule has 1 atom stereocenters. The Morgan fingerprint density at radius 1 is 1.18 bits per heavy atom. The molecule has 1 N–H and O–H groups in total. The third-order valence-electron chi connectivity index (χ3n) is 5.63. The Bertz CT molecular complexity index is 1120. The fourth-order valence-corrected chi connectivity index (χ4v) is 4.63. The minimum absolute atomic E-state index is 0.00394. The highest BCUT2D eigenvalue weighted by molar-refractivity contribution is 7.13. The average Bonchev–Trinajstić information content (AvgIpc) is 3.48. The molecule has 1 saturated heterocycles. The van der Waals surface area contributed by atoms with E-state index in [4.69, 9.17) is 9.47 Å². The zero-order chi connectivity index (χ0) is 23.2. The number of carbonyl (C=O) groups excluding carboxylic acids is 2. The van der Waals surface area contributed by atoms with E-state index in [1.165, 1.54) is 11.3 Å². The van der Waals surface area contributed by atoms with Crippen LogP contribution < -0.4 is 14.8 Å². The van der Waals surface area contributed by atoms with E-state index in [1.54, 1.807) is 31.5 Å². The molecule has 1 aliphatic heterocycles. The van der Waals surface area contributed by atoms with Crippen LogP contribution in [0.15, 0.2) is 48.1 Å². The number of pyridine rings is 1. The van der Waals surface area contributed by atoms with Gasteiger partial charge in [-0.2, -0.15) is 0 Å². The number of methoxy groups -OCH3 is 2. The second-order valence-corrected chi connectivity index (χ2v) is 8.64. The molecular weight excluding hydrogens is 440 g/mol. The van der Waals surface area contributed by atoms with Crippen LogP contribution in [0.1, 0.15) is 17.7 Å². The van der Waals surface area contributed by atoms with Gasteiger partial charge in [0.2, 0.25) is 11.8 Å². The number of nitrogens with zero attached hydrogens (tertiary/aromatic N) is 3. The Morgan fingerprint density at radius 2 is 1.97 bits per heavy atom. The number of thiazole rings is 1. The van der Waals surface area contributed by atoms with E-state index in [2.05, 4.69) is 15.3 Å². The van der Waals surface area contributed by atoms with Crippen molar-refractivity contribution in [3.63, 3.8) is 0 Å². The minimum Gasteiger partial charge on any atom is -0.493 e. The van der Waals surface area contributed by atoms with E-state index in [-0.39, 0.29) is 24.2 Å². The molecule has 3 aromatic rings. The minimum atomic E-state index is -0.346. The molecule has 1 aromatic carbocycles. The average molecular weight is 467 g/mol. The smallest absolute Gasteiger partial charge is 0.225 e. The Balaban J connectivity index is 1.27. The molecule has 33 heavy (non-hydrogen) atoms. The number of ether oxygens (including phenoxy) is 2. The van der Waals surface area contributed by atoms with Crippen molar-refractivity contribution < 1.29 is 19.1 Å². The largest absolute Gasteiger partial charge is 0.493 e. The van der Waals surface area contributed by atoms with Gasteiger partial charge in [-0.3, -0.25) is 14.6 Å². The van der Waals surface area contributed by atoms with Crippen molar-refractivity contribution in [3.8, 4) is 22.1 Å². The van der Waals surface area contributed by atoms with Crippen LogP contribution in [-0.4, -0.2) is 54.0 Å². The molecule has 1 aliphatic rings. The molecule has 3 heterocycles. The maximum absolute atomic E-state index is 12.7. The molecule has 172 valence electrons. The lowest BCUT2D eigenvalue weighted by Crippen LogP contribution is -2.33. The first-order valence-corrected chi connectivity index (χ1v) is 11.6. The topological polar surface area (TPSA) is 93.6 Å². The van der Waals surface area contributed by atoms with E-state index >= 15 is 0 Å². The van der Waals surface area contributed by atoms with Gasteiger partial charge in [0.1, 0.15) is 5.01 Å². The molecule has 4 rings (SSSR count). The van der Waals surface area contributed by atoms with Crippen molar-refractivity contribution in [2.24, 2.45) is 5.92 Å². The normalized spacial score (nSPS) is 15.5. The highest BCUT2D eigenvalue weighted by atomic mass is 32.1. The summed E-state index contributed by atoms with van der Waals surface area (Å²) < 4.78 is 10.6. The number of likely N-dealkylation sites (tertiary alicyclic amines) is 1. The Morgan fingerprint density at radius 3 is 2.73 bits per heavy atom. The molecule has 1 fully saturated rings. The standard InChI is InChI=1S/C24H26N4O4S/c1-31-20-4-3-16(11-21(20)32-2)7-10-28-14-18(12-22(28)29)23(30)26-13-19-15-33-24(27-19)17-5-8-25-9-6-17/h3-6,8-9,11,15,18H,7,10,12-14H2,1-2H3,(H,26,30). The summed E-state index contributed by atoms with van der Waals surface area (Å²) in [6.45, 7) is 1.33. The second kappa shape index (κ2) is 10.4. The Labute approximate surface area is 196 Å². The highest BCUT2D eigenvalue weighted by Crippen LogP contribution is 2.28. The van der Waals surface area contributed by atoms with Crippen LogP contribution in [0.5, 0.6) is 11.5 Å². The maximum Gasteiger partial charge on any atom is 0.225 e. The second-order valence-electron chi connectivity index (χ2n) is 7.78. The van der Waals surface area contributed by atoms with Crippen LogP contribution >= 0.6 is 11.3 Å². The number of nitrogens with one attached hydrogen (secondary N) is 1. The first kappa shape index (κ1) is 22.7. The number of rotatable bonds is 9. The van der Waals surface area contributed by atoms with Crippen molar-refractivity contribution in [2.75, 3.05) is 27.3 Å². The van der Waals surface area contributed by atoms with Crippen LogP contribution in [0.25, 0.3) is 10.6 Å². The first-order chi connectivity index (χ1) is 16.1. The summed E-state index contributed by atoms with van der Waals surface area (Å²) >= 11 is 1.53. The lowest BCUT2D eigenvalue weighted by Gasteiger charge is -2.17. The number of aromatic nitrogens is 2. The zero-order valence-electron chi connectivity index (χ0n) is 18.6. The number of amides is 2. The summed E-state index contributed by atoms with van der Waals surface area (Å²) in [5, 5.41) is 5.76. The van der Waals surface area contributed by atoms with Gasteiger partial charge in [-0.05, 0) is 36.2 Å². The van der Waals surface area contributed by atoms with Gasteiger partial charge in [-0.1, -0.05) is 6.07 Å². The van der Waals surface area contributed by atoms with Crippen molar-refractivity contribution >= 4 is 23.2 Å². The fraction of sp³-hybridized carbons (Fsp3) is 0.333. The molecule has 0 saturated carbocycles. The molecule has 2 aromatic heterocycles. The maximum atomic E-state index is 12.7. The van der Waals surface area contributed by atoms with Gasteiger partial charge in [0.25, 0.3) is 0 Å². The van der Waals surface area contributed by atoms with Crippen molar-refractivity contribution in [1.82, 2.24) is 20.2 Å². The first-order valence-electron chi connectivity index (χ1n) is 10.7. The predicted octanol–water partition coefficient (Wildman–Crippen LogP) is 2.93. The molecule has 0 aliphatic carbocycles. The summed E-state index contributed by atoms with van der Waals surface area (Å²) in [7, 11) is 3.19. The number of benzene rings is 1. The van der Waals surface area contributed by atoms with Crippen LogP contribution in [0, 0.1) is 5.92 Å². The van der Waals surface area contributed by atoms with Crippen LogP contribution in [0.2, 0.25) is 0 Å². The third-order valence-corrected chi connectivity index (χ3v) is 6.57. The monoisotopic (exact) mass is 466 g/mol. The van der Waals surface area contributed by atoms with E-state index in [0.717, 1.165) is 21.8 Å². The van der Waals surface area contributed by atoms with Gasteiger partial charge in [0.05, 0.1) is 32.4 Å². The SMILES string of the molecule is COc1ccc(CCN2CC(C(=O)NCc3csc(-c4ccncc4)n3)CC2=O)cc1OC. The molecular formula is C24H26N4O4S. The highest BCUT2D eigenvalue weighted by Gasteiger charge is 2.33. The lowest BCUT2D eigenvalue weighted by atomic mass is 10.1. The lowest BCUT2D eigenvalue weighted by molar-refractivity contribution is -0.129. The fourth-order valence-electron chi connectivity index (χ4n) is 3.80. The quantitative estimate of drug-likeness (QED) is 0.521. The van der Waals surface area contributed by atoms with Gasteiger partial charge < -0.3 is 19.7 Å². The van der Waals surface area contributed by atoms with Crippen LogP contribution in [-0.2, 0) is 22.6 Å². The van der Waals surface area contributed by atoms with Crippen LogP contribution in [0.3, 0.4) is 0 Å². The molecule has 0 bridgehead atoms. The summed E-state index contributed by atoms with van der Waals surface area (Å²) in [6, 6.07) is 9.54. The summed E-state index contributed by atoms with van der Waals surface area (Å²) in [5.74, 6) is 0.873. The molecule has 0 spiro atoms. The molecule has 2 amide bonds. The molecule has 1 unspecified atom stereocenters. The summed E-state index contributed by atoms with van der Waals surface area (Å²) in [5.41, 5.74) is 2.84. The third kappa shape index (κ3) is 5.48. The van der Waals surface area contributed by atoms with Gasteiger partial charge in [-0.25, -0.2) is 4.98 Å². The van der Waals surface area contributed by atoms with Gasteiger partial charge >= 0.3 is 0 Å².